The van der Waals surface area contributed by atoms with Crippen LogP contribution in [0.1, 0.15) is 19.8 Å². The Morgan fingerprint density at radius 2 is 1.62 bits per heavy atom. The summed E-state index contributed by atoms with van der Waals surface area (Å²) in [5.74, 6) is -0.665. The third-order valence-corrected chi connectivity index (χ3v) is 4.85. The van der Waals surface area contributed by atoms with Gasteiger partial charge in [0.2, 0.25) is 0 Å². The SMILES string of the molecule is CCN1CCN(C(=O)C(=O)N(C)C2CCN(C)CC2)CC1. The Morgan fingerprint density at radius 3 is 2.14 bits per heavy atom. The summed E-state index contributed by atoms with van der Waals surface area (Å²) in [5, 5.41) is 0. The van der Waals surface area contributed by atoms with Crippen molar-refractivity contribution < 1.29 is 9.59 Å². The number of amides is 2. The number of carbonyl (C=O) groups excluding carboxylic acids is 2. The van der Waals surface area contributed by atoms with Crippen molar-refractivity contribution in [1.82, 2.24) is 19.6 Å². The number of nitrogens with zero attached hydrogens (tertiary/aromatic N) is 4. The van der Waals surface area contributed by atoms with Gasteiger partial charge in [-0.25, -0.2) is 0 Å². The highest BCUT2D eigenvalue weighted by atomic mass is 16.2. The van der Waals surface area contributed by atoms with Crippen molar-refractivity contribution in [3.05, 3.63) is 0 Å². The van der Waals surface area contributed by atoms with Gasteiger partial charge in [-0.1, -0.05) is 6.92 Å². The Morgan fingerprint density at radius 1 is 1.05 bits per heavy atom. The summed E-state index contributed by atoms with van der Waals surface area (Å²) in [6.07, 6.45) is 1.91. The van der Waals surface area contributed by atoms with Gasteiger partial charge in [0.05, 0.1) is 0 Å². The minimum absolute atomic E-state index is 0.203. The lowest BCUT2D eigenvalue weighted by atomic mass is 10.0. The second kappa shape index (κ2) is 7.22. The molecule has 0 aliphatic carbocycles. The molecule has 0 saturated carbocycles. The van der Waals surface area contributed by atoms with Gasteiger partial charge in [0.15, 0.2) is 0 Å². The van der Waals surface area contributed by atoms with Gasteiger partial charge in [0, 0.05) is 39.3 Å². The fourth-order valence-electron chi connectivity index (χ4n) is 3.10. The van der Waals surface area contributed by atoms with Gasteiger partial charge < -0.3 is 19.6 Å². The van der Waals surface area contributed by atoms with Crippen molar-refractivity contribution in [2.24, 2.45) is 0 Å². The van der Waals surface area contributed by atoms with Crippen LogP contribution in [0.3, 0.4) is 0 Å². The molecule has 2 saturated heterocycles. The highest BCUT2D eigenvalue weighted by molar-refractivity contribution is 6.34. The van der Waals surface area contributed by atoms with Gasteiger partial charge in [0.25, 0.3) is 0 Å². The van der Waals surface area contributed by atoms with Crippen LogP contribution >= 0.6 is 0 Å². The quantitative estimate of drug-likeness (QED) is 0.657. The number of hydrogen-bond acceptors (Lipinski definition) is 4. The number of hydrogen-bond donors (Lipinski definition) is 0. The summed E-state index contributed by atoms with van der Waals surface area (Å²) in [5.41, 5.74) is 0. The minimum Gasteiger partial charge on any atom is -0.334 e. The molecule has 0 aromatic rings. The normalized spacial score (nSPS) is 22.3. The van der Waals surface area contributed by atoms with E-state index in [9.17, 15) is 9.59 Å². The first-order chi connectivity index (χ1) is 10.0. The fourth-order valence-corrected chi connectivity index (χ4v) is 3.10. The Bertz CT molecular complexity index is 372. The van der Waals surface area contributed by atoms with Crippen LogP contribution in [0.15, 0.2) is 0 Å². The van der Waals surface area contributed by atoms with Gasteiger partial charge in [-0.05, 0) is 39.5 Å². The van der Waals surface area contributed by atoms with E-state index in [1.807, 2.05) is 0 Å². The van der Waals surface area contributed by atoms with E-state index in [0.29, 0.717) is 13.1 Å². The van der Waals surface area contributed by atoms with Crippen LogP contribution in [0, 0.1) is 0 Å². The van der Waals surface area contributed by atoms with Gasteiger partial charge in [-0.3, -0.25) is 9.59 Å². The molecule has 21 heavy (non-hydrogen) atoms. The molecule has 0 spiro atoms. The predicted octanol–water partition coefficient (Wildman–Crippen LogP) is -0.297. The van der Waals surface area contributed by atoms with Gasteiger partial charge in [-0.2, -0.15) is 0 Å². The zero-order chi connectivity index (χ0) is 15.4. The van der Waals surface area contributed by atoms with E-state index in [1.54, 1.807) is 16.8 Å². The Kier molecular flexibility index (Phi) is 5.58. The van der Waals surface area contributed by atoms with E-state index in [4.69, 9.17) is 0 Å². The molecule has 120 valence electrons. The van der Waals surface area contributed by atoms with Crippen LogP contribution in [-0.4, -0.2) is 97.4 Å². The number of rotatable bonds is 2. The molecule has 0 unspecified atom stereocenters. The maximum atomic E-state index is 12.4. The van der Waals surface area contributed by atoms with Crippen LogP contribution in [0.25, 0.3) is 0 Å². The lowest BCUT2D eigenvalue weighted by Gasteiger charge is -2.37. The van der Waals surface area contributed by atoms with Crippen LogP contribution in [0.4, 0.5) is 0 Å². The van der Waals surface area contributed by atoms with E-state index >= 15 is 0 Å². The fraction of sp³-hybridized carbons (Fsp3) is 0.867. The molecule has 2 amide bonds. The maximum Gasteiger partial charge on any atom is 0.312 e. The third kappa shape index (κ3) is 3.95. The van der Waals surface area contributed by atoms with Crippen LogP contribution in [0.2, 0.25) is 0 Å². The molecule has 0 aromatic carbocycles. The van der Waals surface area contributed by atoms with Crippen molar-refractivity contribution in [1.29, 1.82) is 0 Å². The molecule has 0 N–H and O–H groups in total. The third-order valence-electron chi connectivity index (χ3n) is 4.85. The van der Waals surface area contributed by atoms with E-state index in [1.165, 1.54) is 0 Å². The molecular weight excluding hydrogens is 268 g/mol. The van der Waals surface area contributed by atoms with Crippen molar-refractivity contribution >= 4 is 11.8 Å². The van der Waals surface area contributed by atoms with E-state index in [2.05, 4.69) is 23.8 Å². The smallest absolute Gasteiger partial charge is 0.312 e. The Hall–Kier alpha value is -1.14. The number of piperidine rings is 1. The molecule has 2 aliphatic rings. The zero-order valence-electron chi connectivity index (χ0n) is 13.5. The highest BCUT2D eigenvalue weighted by Gasteiger charge is 2.31. The zero-order valence-corrected chi connectivity index (χ0v) is 13.5. The molecule has 2 fully saturated rings. The molecule has 0 aromatic heterocycles. The molecule has 2 heterocycles. The average Bonchev–Trinajstić information content (AvgIpc) is 2.53. The maximum absolute atomic E-state index is 12.4. The number of likely N-dealkylation sites (tertiary alicyclic amines) is 1. The average molecular weight is 296 g/mol. The molecule has 2 aliphatic heterocycles. The second-order valence-electron chi connectivity index (χ2n) is 6.18. The predicted molar refractivity (Wildman–Crippen MR) is 82.0 cm³/mol. The lowest BCUT2D eigenvalue weighted by Crippen LogP contribution is -2.54. The highest BCUT2D eigenvalue weighted by Crippen LogP contribution is 2.15. The number of carbonyl (C=O) groups is 2. The summed E-state index contributed by atoms with van der Waals surface area (Å²) < 4.78 is 0. The topological polar surface area (TPSA) is 47.1 Å². The van der Waals surface area contributed by atoms with Crippen LogP contribution < -0.4 is 0 Å². The molecule has 6 heteroatoms. The largest absolute Gasteiger partial charge is 0.334 e. The monoisotopic (exact) mass is 296 g/mol. The van der Waals surface area contributed by atoms with Gasteiger partial charge in [-0.15, -0.1) is 0 Å². The Balaban J connectivity index is 1.85. The summed E-state index contributed by atoms with van der Waals surface area (Å²) in [6, 6.07) is 0.203. The van der Waals surface area contributed by atoms with E-state index in [0.717, 1.165) is 45.6 Å². The van der Waals surface area contributed by atoms with Crippen LogP contribution in [0.5, 0.6) is 0 Å². The van der Waals surface area contributed by atoms with E-state index < -0.39 is 0 Å². The minimum atomic E-state index is -0.338. The second-order valence-corrected chi connectivity index (χ2v) is 6.18. The molecule has 0 radical (unpaired) electrons. The van der Waals surface area contributed by atoms with Crippen molar-refractivity contribution in [3.63, 3.8) is 0 Å². The van der Waals surface area contributed by atoms with Crippen molar-refractivity contribution in [2.45, 2.75) is 25.8 Å². The summed E-state index contributed by atoms with van der Waals surface area (Å²) >= 11 is 0. The summed E-state index contributed by atoms with van der Waals surface area (Å²) in [6.45, 7) is 8.18. The first-order valence-corrected chi connectivity index (χ1v) is 8.00. The molecule has 0 bridgehead atoms. The van der Waals surface area contributed by atoms with Gasteiger partial charge in [0.1, 0.15) is 0 Å². The Labute approximate surface area is 127 Å². The standard InChI is InChI=1S/C15H28N4O2/c1-4-18-9-11-19(12-10-18)15(21)14(20)17(3)13-5-7-16(2)8-6-13/h13H,4-12H2,1-3H3. The first-order valence-electron chi connectivity index (χ1n) is 8.00. The summed E-state index contributed by atoms with van der Waals surface area (Å²) in [4.78, 5) is 32.7. The number of piperazine rings is 1. The van der Waals surface area contributed by atoms with E-state index in [-0.39, 0.29) is 17.9 Å². The summed E-state index contributed by atoms with van der Waals surface area (Å²) in [7, 11) is 3.87. The van der Waals surface area contributed by atoms with Crippen molar-refractivity contribution in [3.8, 4) is 0 Å². The molecule has 0 atom stereocenters. The molecular formula is C15H28N4O2. The van der Waals surface area contributed by atoms with Gasteiger partial charge >= 0.3 is 11.8 Å². The number of likely N-dealkylation sites (N-methyl/N-ethyl adjacent to an activating group) is 2. The molecule has 6 nitrogen and oxygen atoms in total. The van der Waals surface area contributed by atoms with Crippen molar-refractivity contribution in [2.75, 3.05) is 59.9 Å². The lowest BCUT2D eigenvalue weighted by molar-refractivity contribution is -0.153. The molecule has 2 rings (SSSR count). The van der Waals surface area contributed by atoms with Crippen LogP contribution in [-0.2, 0) is 9.59 Å². The first kappa shape index (κ1) is 16.2.